The molecule has 0 N–H and O–H groups in total. The molecule has 0 aliphatic heterocycles. The maximum absolute atomic E-state index is 4.25. The molecular formula is C44H20Br4. The molecule has 0 atom stereocenters. The molecule has 0 saturated heterocycles. The minimum absolute atomic E-state index is 1.10. The Balaban J connectivity index is 1.61. The second-order valence-electron chi connectivity index (χ2n) is 12.8. The predicted octanol–water partition coefficient (Wildman–Crippen LogP) is 15.6. The standard InChI is InChI=1S/C44H20Br4/c45-29-19-28-24-16-8-10-18-26(24)34-32(22-13-5-2-6-14-22)44(48)38-30(46)20-27-23-15-7-9-17-25(23)33-31(21-11-3-1-4-12-21)43(47)37(29)41-36(28)40(34)42(38)35(27)39(33)41/h1-20H. The van der Waals surface area contributed by atoms with Crippen LogP contribution in [0.1, 0.15) is 0 Å². The van der Waals surface area contributed by atoms with E-state index in [2.05, 4.69) is 185 Å². The number of benzene rings is 11. The number of fused-ring (bicyclic) bond motifs is 6. The molecule has 0 radical (unpaired) electrons. The molecule has 0 saturated carbocycles. The molecule has 11 rings (SSSR count). The lowest BCUT2D eigenvalue weighted by Gasteiger charge is -2.28. The van der Waals surface area contributed by atoms with Gasteiger partial charge in [0.1, 0.15) is 0 Å². The predicted molar refractivity (Wildman–Crippen MR) is 222 cm³/mol. The summed E-state index contributed by atoms with van der Waals surface area (Å²) in [5.74, 6) is 0. The zero-order chi connectivity index (χ0) is 32.0. The Kier molecular flexibility index (Phi) is 5.79. The topological polar surface area (TPSA) is 0 Å². The highest BCUT2D eigenvalue weighted by atomic mass is 79.9. The fraction of sp³-hybridized carbons (Fsp3) is 0. The summed E-state index contributed by atoms with van der Waals surface area (Å²) in [6.07, 6.45) is 0. The van der Waals surface area contributed by atoms with Crippen LogP contribution >= 0.6 is 63.7 Å². The third-order valence-electron chi connectivity index (χ3n) is 10.5. The smallest absolute Gasteiger partial charge is 0.0350 e. The van der Waals surface area contributed by atoms with Crippen LogP contribution in [-0.2, 0) is 0 Å². The molecule has 11 aromatic carbocycles. The van der Waals surface area contributed by atoms with Gasteiger partial charge in [0.2, 0.25) is 0 Å². The lowest BCUT2D eigenvalue weighted by atomic mass is 9.76. The lowest BCUT2D eigenvalue weighted by molar-refractivity contribution is 1.65. The Hall–Kier alpha value is -3.80. The number of hydrogen-bond donors (Lipinski definition) is 0. The van der Waals surface area contributed by atoms with Gasteiger partial charge in [-0.1, -0.05) is 141 Å². The first-order valence-electron chi connectivity index (χ1n) is 15.9. The Labute approximate surface area is 308 Å². The molecular weight excluding hydrogens is 848 g/mol. The summed E-state index contributed by atoms with van der Waals surface area (Å²) in [7, 11) is 0. The van der Waals surface area contributed by atoms with Gasteiger partial charge in [-0.2, -0.15) is 0 Å². The van der Waals surface area contributed by atoms with Crippen molar-refractivity contribution in [2.45, 2.75) is 0 Å². The van der Waals surface area contributed by atoms with E-state index >= 15 is 0 Å². The van der Waals surface area contributed by atoms with Crippen LogP contribution in [0, 0.1) is 0 Å². The van der Waals surface area contributed by atoms with E-state index in [0.717, 1.165) is 17.9 Å². The molecule has 0 aliphatic carbocycles. The normalized spacial score (nSPS) is 12.6. The van der Waals surface area contributed by atoms with Crippen LogP contribution in [-0.4, -0.2) is 0 Å². The number of hydrogen-bond acceptors (Lipinski definition) is 0. The monoisotopic (exact) mass is 864 g/mol. The summed E-state index contributed by atoms with van der Waals surface area (Å²) in [4.78, 5) is 0. The third kappa shape index (κ3) is 3.35. The van der Waals surface area contributed by atoms with Crippen LogP contribution in [0.4, 0.5) is 0 Å². The first kappa shape index (κ1) is 28.1. The van der Waals surface area contributed by atoms with Gasteiger partial charge in [0.15, 0.2) is 0 Å². The SMILES string of the molecule is Brc1cc2c3ccccc3c3c(-c4ccccc4)c(Br)c4c(Br)cc5c6ccccc6c6c(-c7ccccc7)c(Br)c1c1c2c3c4c5c61. The summed E-state index contributed by atoms with van der Waals surface area (Å²) in [5, 5.41) is 20.5. The highest BCUT2D eigenvalue weighted by Gasteiger charge is 2.31. The molecule has 48 heavy (non-hydrogen) atoms. The molecule has 4 heteroatoms. The molecule has 0 aromatic heterocycles. The van der Waals surface area contributed by atoms with Gasteiger partial charge in [0.05, 0.1) is 0 Å². The summed E-state index contributed by atoms with van der Waals surface area (Å²) >= 11 is 16.8. The summed E-state index contributed by atoms with van der Waals surface area (Å²) < 4.78 is 4.43. The van der Waals surface area contributed by atoms with E-state index < -0.39 is 0 Å². The Morgan fingerprint density at radius 1 is 0.271 bits per heavy atom. The van der Waals surface area contributed by atoms with Crippen molar-refractivity contribution < 1.29 is 0 Å². The van der Waals surface area contributed by atoms with E-state index in [1.165, 1.54) is 108 Å². The van der Waals surface area contributed by atoms with Gasteiger partial charge in [-0.15, -0.1) is 0 Å². The zero-order valence-corrected chi connectivity index (χ0v) is 31.4. The van der Waals surface area contributed by atoms with Crippen LogP contribution in [0.3, 0.4) is 0 Å². The van der Waals surface area contributed by atoms with Crippen molar-refractivity contribution in [3.05, 3.63) is 139 Å². The first-order valence-corrected chi connectivity index (χ1v) is 19.1. The van der Waals surface area contributed by atoms with Gasteiger partial charge in [-0.25, -0.2) is 0 Å². The molecule has 0 spiro atoms. The minimum atomic E-state index is 1.10. The Morgan fingerprint density at radius 3 is 1.00 bits per heavy atom. The summed E-state index contributed by atoms with van der Waals surface area (Å²) in [5.41, 5.74) is 4.86. The van der Waals surface area contributed by atoms with E-state index in [-0.39, 0.29) is 0 Å². The molecule has 0 unspecified atom stereocenters. The average Bonchev–Trinajstić information content (AvgIpc) is 3.12. The van der Waals surface area contributed by atoms with E-state index in [4.69, 9.17) is 0 Å². The van der Waals surface area contributed by atoms with Crippen LogP contribution in [0.25, 0.3) is 108 Å². The average molecular weight is 868 g/mol. The van der Waals surface area contributed by atoms with Crippen LogP contribution in [0.15, 0.2) is 139 Å². The largest absolute Gasteiger partial charge is 0.0622 e. The van der Waals surface area contributed by atoms with Gasteiger partial charge in [-0.05, 0) is 109 Å². The van der Waals surface area contributed by atoms with Gasteiger partial charge in [-0.3, -0.25) is 0 Å². The molecule has 0 bridgehead atoms. The second-order valence-corrected chi connectivity index (χ2v) is 16.1. The summed E-state index contributed by atoms with van der Waals surface area (Å²) in [6.45, 7) is 0. The Bertz CT molecular complexity index is 2910. The lowest BCUT2D eigenvalue weighted by Crippen LogP contribution is -2.00. The van der Waals surface area contributed by atoms with E-state index in [1.54, 1.807) is 0 Å². The van der Waals surface area contributed by atoms with Gasteiger partial charge < -0.3 is 0 Å². The second kappa shape index (κ2) is 9.89. The van der Waals surface area contributed by atoms with E-state index in [1.807, 2.05) is 0 Å². The van der Waals surface area contributed by atoms with Crippen molar-refractivity contribution in [3.8, 4) is 22.3 Å². The van der Waals surface area contributed by atoms with Gasteiger partial charge in [0, 0.05) is 61.3 Å². The molecule has 0 aliphatic rings. The van der Waals surface area contributed by atoms with Crippen molar-refractivity contribution in [1.29, 1.82) is 0 Å². The van der Waals surface area contributed by atoms with E-state index in [0.29, 0.717) is 0 Å². The van der Waals surface area contributed by atoms with Gasteiger partial charge in [0.25, 0.3) is 0 Å². The van der Waals surface area contributed by atoms with Crippen LogP contribution in [0.5, 0.6) is 0 Å². The van der Waals surface area contributed by atoms with E-state index in [9.17, 15) is 0 Å². The minimum Gasteiger partial charge on any atom is -0.0622 e. The fourth-order valence-electron chi connectivity index (χ4n) is 8.81. The highest BCUT2D eigenvalue weighted by Crippen LogP contribution is 2.60. The van der Waals surface area contributed by atoms with Crippen LogP contribution < -0.4 is 0 Å². The van der Waals surface area contributed by atoms with Crippen molar-refractivity contribution in [1.82, 2.24) is 0 Å². The molecule has 224 valence electrons. The molecule has 11 aromatic rings. The Morgan fingerprint density at radius 2 is 0.604 bits per heavy atom. The van der Waals surface area contributed by atoms with Crippen molar-refractivity contribution in [3.63, 3.8) is 0 Å². The molecule has 0 fully saturated rings. The quantitative estimate of drug-likeness (QED) is 0.120. The van der Waals surface area contributed by atoms with Crippen molar-refractivity contribution >= 4 is 150 Å². The highest BCUT2D eigenvalue weighted by molar-refractivity contribution is 9.11. The maximum Gasteiger partial charge on any atom is 0.0350 e. The maximum atomic E-state index is 4.25. The zero-order valence-electron chi connectivity index (χ0n) is 25.1. The van der Waals surface area contributed by atoms with Crippen LogP contribution in [0.2, 0.25) is 0 Å². The first-order chi connectivity index (χ1) is 23.5. The molecule has 0 amide bonds. The molecule has 0 nitrogen and oxygen atoms in total. The summed E-state index contributed by atoms with van der Waals surface area (Å²) in [6, 6.07) is 44.4. The number of rotatable bonds is 2. The molecule has 0 heterocycles. The van der Waals surface area contributed by atoms with Crippen molar-refractivity contribution in [2.75, 3.05) is 0 Å². The third-order valence-corrected chi connectivity index (χ3v) is 13.4. The fourth-order valence-corrected chi connectivity index (χ4v) is 12.3. The number of halogens is 4. The van der Waals surface area contributed by atoms with Crippen molar-refractivity contribution in [2.24, 2.45) is 0 Å². The van der Waals surface area contributed by atoms with Gasteiger partial charge >= 0.3 is 0 Å².